The number of halogens is 1. The molecule has 5 nitrogen and oxygen atoms in total. The van der Waals surface area contributed by atoms with Crippen LogP contribution in [0.5, 0.6) is 0 Å². The fourth-order valence-electron chi connectivity index (χ4n) is 4.43. The first kappa shape index (κ1) is 18.5. The second-order valence-corrected chi connectivity index (χ2v) is 7.97. The van der Waals surface area contributed by atoms with Crippen LogP contribution in [0.1, 0.15) is 32.6 Å². The number of carbonyl (C=O) groups is 2. The topological polar surface area (TPSA) is 55.8 Å². The first-order valence-corrected chi connectivity index (χ1v) is 10.0. The summed E-state index contributed by atoms with van der Waals surface area (Å²) in [6.07, 6.45) is 7.63. The fourth-order valence-corrected chi connectivity index (χ4v) is 4.61. The average molecular weight is 390 g/mol. The van der Waals surface area contributed by atoms with E-state index >= 15 is 0 Å². The highest BCUT2D eigenvalue weighted by Crippen LogP contribution is 2.53. The number of fused-ring (bicyclic) bond motifs is 1. The number of anilines is 1. The van der Waals surface area contributed by atoms with E-state index in [9.17, 15) is 9.59 Å². The molecule has 4 rings (SSSR count). The van der Waals surface area contributed by atoms with Gasteiger partial charge in [-0.1, -0.05) is 56.0 Å². The molecule has 27 heavy (non-hydrogen) atoms. The Morgan fingerprint density at radius 1 is 1.37 bits per heavy atom. The highest BCUT2D eigenvalue weighted by molar-refractivity contribution is 6.31. The molecule has 1 aromatic rings. The van der Waals surface area contributed by atoms with Crippen LogP contribution in [0.15, 0.2) is 36.4 Å². The minimum Gasteiger partial charge on any atom is -0.465 e. The van der Waals surface area contributed by atoms with Crippen molar-refractivity contribution >= 4 is 29.2 Å². The third-order valence-corrected chi connectivity index (χ3v) is 5.97. The van der Waals surface area contributed by atoms with E-state index in [1.807, 2.05) is 24.3 Å². The number of benzene rings is 1. The van der Waals surface area contributed by atoms with Gasteiger partial charge in [-0.15, -0.1) is 0 Å². The van der Waals surface area contributed by atoms with Gasteiger partial charge in [0.25, 0.3) is 0 Å². The van der Waals surface area contributed by atoms with Gasteiger partial charge in [-0.3, -0.25) is 9.59 Å². The minimum atomic E-state index is -0.740. The van der Waals surface area contributed by atoms with E-state index in [4.69, 9.17) is 21.1 Å². The summed E-state index contributed by atoms with van der Waals surface area (Å²) in [4.78, 5) is 27.6. The standard InChI is InChI=1S/C21H24ClNO4/c1-2-3-4-5-11-26-20(25)17-16-9-10-21(27-16)13-23(19(24)18(17)21)15-8-6-7-14(22)12-15/h6-10,12,16-18H,2-5,11,13H2,1H3/t16-,17-,18-,21+/m1/s1. The molecule has 1 spiro atoms. The molecule has 0 radical (unpaired) electrons. The molecule has 144 valence electrons. The Bertz CT molecular complexity index is 779. The van der Waals surface area contributed by atoms with Crippen molar-refractivity contribution in [2.45, 2.75) is 44.3 Å². The molecule has 1 aromatic carbocycles. The van der Waals surface area contributed by atoms with Gasteiger partial charge in [0.2, 0.25) is 5.91 Å². The summed E-state index contributed by atoms with van der Waals surface area (Å²) in [5.74, 6) is -1.53. The molecule has 3 heterocycles. The summed E-state index contributed by atoms with van der Waals surface area (Å²) in [5.41, 5.74) is -0.0147. The van der Waals surface area contributed by atoms with E-state index in [2.05, 4.69) is 6.92 Å². The lowest BCUT2D eigenvalue weighted by Crippen LogP contribution is -2.40. The number of rotatable bonds is 7. The molecule has 1 amide bonds. The predicted molar refractivity (Wildman–Crippen MR) is 103 cm³/mol. The third-order valence-electron chi connectivity index (χ3n) is 5.73. The number of nitrogens with zero attached hydrogens (tertiary/aromatic N) is 1. The summed E-state index contributed by atoms with van der Waals surface area (Å²) >= 11 is 6.08. The Morgan fingerprint density at radius 2 is 2.22 bits per heavy atom. The molecule has 4 atom stereocenters. The Morgan fingerprint density at radius 3 is 3.00 bits per heavy atom. The summed E-state index contributed by atoms with van der Waals surface area (Å²) in [6.45, 7) is 2.93. The van der Waals surface area contributed by atoms with Crippen LogP contribution in [-0.4, -0.2) is 36.7 Å². The average Bonchev–Trinajstić information content (AvgIpc) is 3.30. The van der Waals surface area contributed by atoms with Gasteiger partial charge in [0.15, 0.2) is 0 Å². The minimum absolute atomic E-state index is 0.1000. The van der Waals surface area contributed by atoms with E-state index in [0.717, 1.165) is 31.4 Å². The molecule has 0 saturated carbocycles. The molecule has 2 fully saturated rings. The van der Waals surface area contributed by atoms with Crippen LogP contribution < -0.4 is 4.90 Å². The first-order chi connectivity index (χ1) is 13.1. The lowest BCUT2D eigenvalue weighted by Gasteiger charge is -2.22. The number of amides is 1. The SMILES string of the molecule is CCCCCCOC(=O)[C@@H]1[C@H]2C=C[C@@]3(CN(c4cccc(Cl)c4)C(=O)[C@@H]13)O2. The predicted octanol–water partition coefficient (Wildman–Crippen LogP) is 3.75. The summed E-state index contributed by atoms with van der Waals surface area (Å²) in [5, 5.41) is 0.568. The molecule has 3 aliphatic rings. The van der Waals surface area contributed by atoms with Gasteiger partial charge in [0.1, 0.15) is 11.5 Å². The second kappa shape index (κ2) is 7.28. The molecule has 3 aliphatic heterocycles. The van der Waals surface area contributed by atoms with Crippen LogP contribution in [0.4, 0.5) is 5.69 Å². The summed E-state index contributed by atoms with van der Waals surface area (Å²) in [6, 6.07) is 7.19. The Balaban J connectivity index is 1.49. The van der Waals surface area contributed by atoms with Crippen molar-refractivity contribution in [3.05, 3.63) is 41.4 Å². The number of esters is 1. The van der Waals surface area contributed by atoms with Crippen molar-refractivity contribution in [2.75, 3.05) is 18.1 Å². The largest absolute Gasteiger partial charge is 0.465 e. The number of hydrogen-bond donors (Lipinski definition) is 0. The van der Waals surface area contributed by atoms with Crippen molar-refractivity contribution in [1.29, 1.82) is 0 Å². The molecule has 0 aromatic heterocycles. The zero-order chi connectivity index (χ0) is 19.0. The van der Waals surface area contributed by atoms with E-state index < -0.39 is 17.4 Å². The van der Waals surface area contributed by atoms with Gasteiger partial charge in [-0.05, 0) is 24.6 Å². The molecule has 2 saturated heterocycles. The Labute approximate surface area is 164 Å². The molecule has 0 aliphatic carbocycles. The van der Waals surface area contributed by atoms with Gasteiger partial charge in [0, 0.05) is 10.7 Å². The molecule has 6 heteroatoms. The van der Waals surface area contributed by atoms with Gasteiger partial charge in [0.05, 0.1) is 25.2 Å². The van der Waals surface area contributed by atoms with E-state index in [0.29, 0.717) is 18.2 Å². The monoisotopic (exact) mass is 389 g/mol. The third kappa shape index (κ3) is 3.17. The maximum Gasteiger partial charge on any atom is 0.312 e. The number of ether oxygens (including phenoxy) is 2. The van der Waals surface area contributed by atoms with Crippen LogP contribution in [0.25, 0.3) is 0 Å². The van der Waals surface area contributed by atoms with Crippen molar-refractivity contribution in [3.8, 4) is 0 Å². The van der Waals surface area contributed by atoms with Crippen LogP contribution in [-0.2, 0) is 19.1 Å². The first-order valence-electron chi connectivity index (χ1n) is 9.66. The van der Waals surface area contributed by atoms with Gasteiger partial charge >= 0.3 is 5.97 Å². The van der Waals surface area contributed by atoms with E-state index in [1.165, 1.54) is 0 Å². The second-order valence-electron chi connectivity index (χ2n) is 7.53. The van der Waals surface area contributed by atoms with Crippen LogP contribution in [0.2, 0.25) is 5.02 Å². The van der Waals surface area contributed by atoms with Crippen LogP contribution >= 0.6 is 11.6 Å². The van der Waals surface area contributed by atoms with Crippen molar-refractivity contribution in [1.82, 2.24) is 0 Å². The van der Waals surface area contributed by atoms with Gasteiger partial charge in [-0.2, -0.15) is 0 Å². The number of hydrogen-bond acceptors (Lipinski definition) is 4. The van der Waals surface area contributed by atoms with E-state index in [-0.39, 0.29) is 18.0 Å². The fraction of sp³-hybridized carbons (Fsp3) is 0.524. The number of carbonyl (C=O) groups excluding carboxylic acids is 2. The van der Waals surface area contributed by atoms with Crippen LogP contribution in [0, 0.1) is 11.8 Å². The lowest BCUT2D eigenvalue weighted by atomic mass is 9.77. The normalized spacial score (nSPS) is 30.8. The highest BCUT2D eigenvalue weighted by Gasteiger charge is 2.67. The lowest BCUT2D eigenvalue weighted by molar-refractivity contribution is -0.152. The van der Waals surface area contributed by atoms with Crippen molar-refractivity contribution in [3.63, 3.8) is 0 Å². The smallest absolute Gasteiger partial charge is 0.312 e. The molecule has 0 unspecified atom stereocenters. The maximum absolute atomic E-state index is 13.2. The molecule has 2 bridgehead atoms. The van der Waals surface area contributed by atoms with Crippen molar-refractivity contribution < 1.29 is 19.1 Å². The van der Waals surface area contributed by atoms with Gasteiger partial charge in [-0.25, -0.2) is 0 Å². The molecular formula is C21H24ClNO4. The zero-order valence-electron chi connectivity index (χ0n) is 15.4. The molecule has 0 N–H and O–H groups in total. The zero-order valence-corrected chi connectivity index (χ0v) is 16.2. The maximum atomic E-state index is 13.2. The van der Waals surface area contributed by atoms with Crippen molar-refractivity contribution in [2.24, 2.45) is 11.8 Å². The molecular weight excluding hydrogens is 366 g/mol. The quantitative estimate of drug-likeness (QED) is 0.405. The Hall–Kier alpha value is -1.85. The van der Waals surface area contributed by atoms with Crippen LogP contribution in [0.3, 0.4) is 0 Å². The summed E-state index contributed by atoms with van der Waals surface area (Å²) < 4.78 is 11.6. The number of unbranched alkanes of at least 4 members (excludes halogenated alkanes) is 3. The van der Waals surface area contributed by atoms with E-state index in [1.54, 1.807) is 17.0 Å². The highest BCUT2D eigenvalue weighted by atomic mass is 35.5. The Kier molecular flexibility index (Phi) is 4.99. The van der Waals surface area contributed by atoms with Gasteiger partial charge < -0.3 is 14.4 Å². The summed E-state index contributed by atoms with van der Waals surface area (Å²) in [7, 11) is 0.